The lowest BCUT2D eigenvalue weighted by atomic mass is 9.93. The molecule has 1 saturated carbocycles. The summed E-state index contributed by atoms with van der Waals surface area (Å²) in [6.07, 6.45) is 7.92. The molecule has 1 atom stereocenters. The van der Waals surface area contributed by atoms with Gasteiger partial charge in [-0.25, -0.2) is 0 Å². The molecule has 4 nitrogen and oxygen atoms in total. The predicted molar refractivity (Wildman–Crippen MR) is 104 cm³/mol. The van der Waals surface area contributed by atoms with Gasteiger partial charge in [0.05, 0.1) is 0 Å². The lowest BCUT2D eigenvalue weighted by Crippen LogP contribution is -2.57. The maximum atomic E-state index is 12.8. The molecule has 2 heterocycles. The van der Waals surface area contributed by atoms with Crippen LogP contribution in [0.2, 0.25) is 0 Å². The van der Waals surface area contributed by atoms with Gasteiger partial charge in [0.2, 0.25) is 0 Å². The highest BCUT2D eigenvalue weighted by molar-refractivity contribution is 7.99. The zero-order chi connectivity index (χ0) is 16.3. The normalized spacial score (nSPS) is 28.4. The van der Waals surface area contributed by atoms with Crippen molar-refractivity contribution in [1.29, 1.82) is 0 Å². The van der Waals surface area contributed by atoms with Gasteiger partial charge in [-0.2, -0.15) is 23.5 Å². The standard InChI is InChI=1S/C16H27N3OS3/c1-22-9-4-13-14(20)19(15(21)17-13)12-16(5-2-3-6-16)18-7-10-23-11-8-18/h13H,2-12H2,1H3,(H,17,21). The van der Waals surface area contributed by atoms with E-state index in [1.807, 2.05) is 16.7 Å². The second-order valence-electron chi connectivity index (χ2n) is 6.74. The van der Waals surface area contributed by atoms with Crippen LogP contribution < -0.4 is 5.32 Å². The summed E-state index contributed by atoms with van der Waals surface area (Å²) < 4.78 is 0. The van der Waals surface area contributed by atoms with Crippen LogP contribution in [0.15, 0.2) is 0 Å². The Labute approximate surface area is 153 Å². The van der Waals surface area contributed by atoms with Gasteiger partial charge in [-0.15, -0.1) is 0 Å². The molecule has 1 amide bonds. The molecular formula is C16H27N3OS3. The van der Waals surface area contributed by atoms with Crippen molar-refractivity contribution in [3.63, 3.8) is 0 Å². The Hall–Kier alpha value is 0.0200. The number of amides is 1. The lowest BCUT2D eigenvalue weighted by Gasteiger charge is -2.45. The largest absolute Gasteiger partial charge is 0.350 e. The molecule has 0 radical (unpaired) electrons. The van der Waals surface area contributed by atoms with E-state index in [-0.39, 0.29) is 17.5 Å². The molecule has 0 bridgehead atoms. The Morgan fingerprint density at radius 3 is 2.70 bits per heavy atom. The molecule has 130 valence electrons. The first-order valence-electron chi connectivity index (χ1n) is 8.60. The summed E-state index contributed by atoms with van der Waals surface area (Å²) in [6, 6.07) is -0.106. The molecule has 1 aliphatic carbocycles. The minimum Gasteiger partial charge on any atom is -0.350 e. The van der Waals surface area contributed by atoms with Crippen molar-refractivity contribution >= 4 is 46.8 Å². The third kappa shape index (κ3) is 3.83. The number of hydrogen-bond donors (Lipinski definition) is 1. The van der Waals surface area contributed by atoms with Crippen LogP contribution in [0.3, 0.4) is 0 Å². The minimum atomic E-state index is -0.106. The van der Waals surface area contributed by atoms with E-state index in [0.717, 1.165) is 31.8 Å². The summed E-state index contributed by atoms with van der Waals surface area (Å²) in [7, 11) is 0. The molecule has 23 heavy (non-hydrogen) atoms. The van der Waals surface area contributed by atoms with Crippen LogP contribution in [0.25, 0.3) is 0 Å². The second-order valence-corrected chi connectivity index (χ2v) is 9.34. The predicted octanol–water partition coefficient (Wildman–Crippen LogP) is 2.19. The quantitative estimate of drug-likeness (QED) is 0.719. The van der Waals surface area contributed by atoms with Gasteiger partial charge in [-0.05, 0) is 43.5 Å². The summed E-state index contributed by atoms with van der Waals surface area (Å²) in [5.74, 6) is 3.62. The number of carbonyl (C=O) groups excluding carboxylic acids is 1. The maximum absolute atomic E-state index is 12.8. The molecular weight excluding hydrogens is 346 g/mol. The summed E-state index contributed by atoms with van der Waals surface area (Å²) in [5.41, 5.74) is 0.163. The fraction of sp³-hybridized carbons (Fsp3) is 0.875. The molecule has 0 aromatic heterocycles. The average Bonchev–Trinajstić information content (AvgIpc) is 3.15. The van der Waals surface area contributed by atoms with Crippen LogP contribution in [0.5, 0.6) is 0 Å². The Bertz CT molecular complexity index is 448. The van der Waals surface area contributed by atoms with Gasteiger partial charge < -0.3 is 5.32 Å². The first kappa shape index (κ1) is 17.8. The third-order valence-electron chi connectivity index (χ3n) is 5.39. The van der Waals surface area contributed by atoms with Crippen molar-refractivity contribution < 1.29 is 4.79 Å². The zero-order valence-corrected chi connectivity index (χ0v) is 16.3. The highest BCUT2D eigenvalue weighted by Gasteiger charge is 2.45. The zero-order valence-electron chi connectivity index (χ0n) is 13.9. The maximum Gasteiger partial charge on any atom is 0.251 e. The van der Waals surface area contributed by atoms with Gasteiger partial charge in [-0.1, -0.05) is 12.8 Å². The average molecular weight is 374 g/mol. The topological polar surface area (TPSA) is 35.6 Å². The Kier molecular flexibility index (Phi) is 6.15. The highest BCUT2D eigenvalue weighted by atomic mass is 32.2. The summed E-state index contributed by atoms with van der Waals surface area (Å²) in [4.78, 5) is 17.3. The van der Waals surface area contributed by atoms with Gasteiger partial charge in [0.1, 0.15) is 6.04 Å². The van der Waals surface area contributed by atoms with E-state index >= 15 is 0 Å². The monoisotopic (exact) mass is 373 g/mol. The fourth-order valence-corrected chi connectivity index (χ4v) is 5.77. The van der Waals surface area contributed by atoms with Gasteiger partial charge in [-0.3, -0.25) is 14.6 Å². The summed E-state index contributed by atoms with van der Waals surface area (Å²) in [6.45, 7) is 3.10. The molecule has 7 heteroatoms. The minimum absolute atomic E-state index is 0.106. The Morgan fingerprint density at radius 2 is 2.04 bits per heavy atom. The van der Waals surface area contributed by atoms with Crippen LogP contribution in [0.4, 0.5) is 0 Å². The Balaban J connectivity index is 1.70. The fourth-order valence-electron chi connectivity index (χ4n) is 4.10. The van der Waals surface area contributed by atoms with Crippen molar-refractivity contribution in [3.8, 4) is 0 Å². The number of hydrogen-bond acceptors (Lipinski definition) is 5. The van der Waals surface area contributed by atoms with Crippen molar-refractivity contribution in [3.05, 3.63) is 0 Å². The molecule has 1 N–H and O–H groups in total. The van der Waals surface area contributed by atoms with E-state index in [9.17, 15) is 4.79 Å². The number of thiocarbonyl (C=S) groups is 1. The summed E-state index contributed by atoms with van der Waals surface area (Å²) >= 11 is 9.33. The van der Waals surface area contributed by atoms with Crippen molar-refractivity contribution in [2.24, 2.45) is 0 Å². The molecule has 3 rings (SSSR count). The second kappa shape index (κ2) is 7.93. The SMILES string of the molecule is CSCCC1NC(=S)N(CC2(N3CCSCC3)CCCC2)C1=O. The van der Waals surface area contributed by atoms with Crippen molar-refractivity contribution in [2.45, 2.75) is 43.7 Å². The molecule has 2 saturated heterocycles. The molecule has 2 aliphatic heterocycles. The first-order valence-corrected chi connectivity index (χ1v) is 11.6. The van der Waals surface area contributed by atoms with E-state index in [1.165, 1.54) is 37.2 Å². The third-order valence-corrected chi connectivity index (χ3v) is 7.31. The van der Waals surface area contributed by atoms with E-state index in [0.29, 0.717) is 5.11 Å². The molecule has 0 spiro atoms. The van der Waals surface area contributed by atoms with E-state index in [4.69, 9.17) is 12.2 Å². The van der Waals surface area contributed by atoms with Gasteiger partial charge in [0.25, 0.3) is 5.91 Å². The number of carbonyl (C=O) groups is 1. The van der Waals surface area contributed by atoms with Crippen LogP contribution >= 0.6 is 35.7 Å². The Morgan fingerprint density at radius 1 is 1.35 bits per heavy atom. The van der Waals surface area contributed by atoms with Crippen LogP contribution in [-0.4, -0.2) is 75.5 Å². The van der Waals surface area contributed by atoms with Gasteiger partial charge in [0, 0.05) is 36.7 Å². The number of nitrogens with zero attached hydrogens (tertiary/aromatic N) is 2. The smallest absolute Gasteiger partial charge is 0.251 e. The molecule has 0 aromatic carbocycles. The van der Waals surface area contributed by atoms with Crippen LogP contribution in [0, 0.1) is 0 Å². The van der Waals surface area contributed by atoms with Gasteiger partial charge >= 0.3 is 0 Å². The summed E-state index contributed by atoms with van der Waals surface area (Å²) in [5, 5.41) is 3.91. The lowest BCUT2D eigenvalue weighted by molar-refractivity contribution is -0.128. The van der Waals surface area contributed by atoms with Crippen LogP contribution in [-0.2, 0) is 4.79 Å². The highest BCUT2D eigenvalue weighted by Crippen LogP contribution is 2.38. The molecule has 0 aromatic rings. The molecule has 3 aliphatic rings. The van der Waals surface area contributed by atoms with Crippen molar-refractivity contribution in [1.82, 2.24) is 15.1 Å². The van der Waals surface area contributed by atoms with Crippen molar-refractivity contribution in [2.75, 3.05) is 43.1 Å². The molecule has 1 unspecified atom stereocenters. The number of thioether (sulfide) groups is 2. The number of rotatable bonds is 6. The molecule has 3 fully saturated rings. The van der Waals surface area contributed by atoms with Gasteiger partial charge in [0.15, 0.2) is 5.11 Å². The van der Waals surface area contributed by atoms with E-state index in [1.54, 1.807) is 11.8 Å². The number of nitrogens with one attached hydrogen (secondary N) is 1. The van der Waals surface area contributed by atoms with E-state index in [2.05, 4.69) is 16.5 Å². The van der Waals surface area contributed by atoms with Crippen LogP contribution in [0.1, 0.15) is 32.1 Å². The van der Waals surface area contributed by atoms with E-state index < -0.39 is 0 Å². The first-order chi connectivity index (χ1) is 11.2.